The highest BCUT2D eigenvalue weighted by Crippen LogP contribution is 2.43. The Balaban J connectivity index is 1.58. The monoisotopic (exact) mass is 630 g/mol. The molecule has 0 fully saturated rings. The van der Waals surface area contributed by atoms with Crippen LogP contribution in [0.1, 0.15) is 27.8 Å². The maximum atomic E-state index is 14.7. The van der Waals surface area contributed by atoms with Gasteiger partial charge in [0.25, 0.3) is 0 Å². The third-order valence-corrected chi connectivity index (χ3v) is 9.11. The van der Waals surface area contributed by atoms with Gasteiger partial charge in [-0.05, 0) is 85.6 Å². The minimum absolute atomic E-state index is 0.0817. The molecule has 2 aromatic heterocycles. The molecule has 0 unspecified atom stereocenters. The molecular weight excluding hydrogens is 605 g/mol. The van der Waals surface area contributed by atoms with E-state index in [1.54, 1.807) is 12.1 Å². The van der Waals surface area contributed by atoms with Crippen molar-refractivity contribution in [3.63, 3.8) is 0 Å². The van der Waals surface area contributed by atoms with Gasteiger partial charge in [0.2, 0.25) is 0 Å². The number of alkyl halides is 3. The molecule has 0 saturated carbocycles. The average Bonchev–Trinajstić information content (AvgIpc) is 3.59. The number of hydrogen-bond acceptors (Lipinski definition) is 2. The van der Waals surface area contributed by atoms with Crippen LogP contribution in [0.2, 0.25) is 0 Å². The quantitative estimate of drug-likeness (QED) is 0.195. The Morgan fingerprint density at radius 1 is 0.542 bits per heavy atom. The van der Waals surface area contributed by atoms with Crippen LogP contribution in [-0.2, 0) is 6.18 Å². The molecule has 0 N–H and O–H groups in total. The fraction of sp³-hybridized carbons (Fsp3) is 0.0732. The van der Waals surface area contributed by atoms with Crippen molar-refractivity contribution < 1.29 is 13.2 Å². The van der Waals surface area contributed by atoms with Crippen LogP contribution in [-0.4, -0.2) is 9.13 Å². The Morgan fingerprint density at radius 3 is 1.52 bits per heavy atom. The largest absolute Gasteiger partial charge is 0.417 e. The maximum absolute atomic E-state index is 14.7. The third kappa shape index (κ3) is 4.36. The second kappa shape index (κ2) is 10.6. The molecule has 0 bridgehead atoms. The Hall–Kier alpha value is -6.31. The maximum Gasteiger partial charge on any atom is 0.417 e. The van der Waals surface area contributed by atoms with Gasteiger partial charge in [-0.2, -0.15) is 23.7 Å². The molecule has 6 aromatic carbocycles. The molecule has 0 spiro atoms. The SMILES string of the molecule is Cc1ccc2c(c1)c1ccccc1n2-c1cc(-c2ccc(C#N)cc2C(F)(F)F)cc(-n2c3ccccc3c3cc(C)ccc32)c1C#N. The highest BCUT2D eigenvalue weighted by Gasteiger charge is 2.35. The lowest BCUT2D eigenvalue weighted by atomic mass is 9.94. The predicted molar refractivity (Wildman–Crippen MR) is 184 cm³/mol. The highest BCUT2D eigenvalue weighted by atomic mass is 19.4. The van der Waals surface area contributed by atoms with Crippen LogP contribution in [0.25, 0.3) is 66.1 Å². The van der Waals surface area contributed by atoms with Gasteiger partial charge in [0, 0.05) is 21.5 Å². The molecule has 0 amide bonds. The van der Waals surface area contributed by atoms with E-state index in [1.165, 1.54) is 12.1 Å². The zero-order valence-electron chi connectivity index (χ0n) is 25.9. The van der Waals surface area contributed by atoms with Gasteiger partial charge in [0.15, 0.2) is 0 Å². The molecule has 0 atom stereocenters. The first kappa shape index (κ1) is 29.1. The molecule has 48 heavy (non-hydrogen) atoms. The van der Waals surface area contributed by atoms with Crippen molar-refractivity contribution in [1.29, 1.82) is 10.5 Å². The summed E-state index contributed by atoms with van der Waals surface area (Å²) in [6.45, 7) is 4.02. The fourth-order valence-corrected chi connectivity index (χ4v) is 7.03. The van der Waals surface area contributed by atoms with Crippen LogP contribution in [0.15, 0.2) is 115 Å². The normalized spacial score (nSPS) is 11.8. The van der Waals surface area contributed by atoms with E-state index in [1.807, 2.05) is 102 Å². The van der Waals surface area contributed by atoms with Gasteiger partial charge in [-0.15, -0.1) is 0 Å². The summed E-state index contributed by atoms with van der Waals surface area (Å²) in [7, 11) is 0. The molecule has 0 radical (unpaired) electrons. The molecule has 7 heteroatoms. The number of aromatic nitrogens is 2. The number of fused-ring (bicyclic) bond motifs is 6. The van der Waals surface area contributed by atoms with Gasteiger partial charge in [0.1, 0.15) is 11.6 Å². The number of nitrogens with zero attached hydrogens (tertiary/aromatic N) is 4. The van der Waals surface area contributed by atoms with Crippen molar-refractivity contribution in [2.45, 2.75) is 20.0 Å². The van der Waals surface area contributed by atoms with Gasteiger partial charge in [-0.3, -0.25) is 0 Å². The van der Waals surface area contributed by atoms with Gasteiger partial charge in [-0.1, -0.05) is 65.7 Å². The third-order valence-electron chi connectivity index (χ3n) is 9.11. The predicted octanol–water partition coefficient (Wildman–Crippen LogP) is 10.9. The molecular formula is C41H25F3N4. The molecule has 4 nitrogen and oxygen atoms in total. The summed E-state index contributed by atoms with van der Waals surface area (Å²) in [6.07, 6.45) is -4.73. The summed E-state index contributed by atoms with van der Waals surface area (Å²) >= 11 is 0. The van der Waals surface area contributed by atoms with Crippen molar-refractivity contribution in [2.75, 3.05) is 0 Å². The van der Waals surface area contributed by atoms with E-state index in [2.05, 4.69) is 18.2 Å². The fourth-order valence-electron chi connectivity index (χ4n) is 7.03. The second-order valence-electron chi connectivity index (χ2n) is 12.1. The molecule has 8 aromatic rings. The molecule has 0 saturated heterocycles. The van der Waals surface area contributed by atoms with E-state index in [4.69, 9.17) is 0 Å². The average molecular weight is 631 g/mol. The first-order valence-corrected chi connectivity index (χ1v) is 15.4. The molecule has 0 aliphatic carbocycles. The van der Waals surface area contributed by atoms with Crippen molar-refractivity contribution in [1.82, 2.24) is 9.13 Å². The number of hydrogen-bond donors (Lipinski definition) is 0. The molecule has 0 aliphatic rings. The van der Waals surface area contributed by atoms with E-state index in [-0.39, 0.29) is 16.7 Å². The van der Waals surface area contributed by atoms with E-state index in [0.717, 1.165) is 60.8 Å². The topological polar surface area (TPSA) is 57.4 Å². The zero-order valence-corrected chi connectivity index (χ0v) is 25.9. The molecule has 0 aliphatic heterocycles. The van der Waals surface area contributed by atoms with Crippen LogP contribution in [0.5, 0.6) is 0 Å². The van der Waals surface area contributed by atoms with Gasteiger partial charge in [-0.25, -0.2) is 0 Å². The Bertz CT molecular complexity index is 2570. The lowest BCUT2D eigenvalue weighted by Crippen LogP contribution is -2.09. The lowest BCUT2D eigenvalue weighted by molar-refractivity contribution is -0.137. The number of nitriles is 2. The van der Waals surface area contributed by atoms with Crippen LogP contribution in [0.3, 0.4) is 0 Å². The van der Waals surface area contributed by atoms with Gasteiger partial charge in [0.05, 0.1) is 50.6 Å². The number of rotatable bonds is 3. The van der Waals surface area contributed by atoms with Crippen LogP contribution < -0.4 is 0 Å². The summed E-state index contributed by atoms with van der Waals surface area (Å²) in [6, 6.07) is 39.1. The first-order chi connectivity index (χ1) is 23.2. The van der Waals surface area contributed by atoms with Crippen molar-refractivity contribution in [2.24, 2.45) is 0 Å². The summed E-state index contributed by atoms with van der Waals surface area (Å²) in [4.78, 5) is 0. The van der Waals surface area contributed by atoms with Crippen molar-refractivity contribution in [3.05, 3.63) is 143 Å². The standard InChI is InChI=1S/C41H25F3N4/c1-24-11-15-37-31(17-24)29-7-3-5-9-35(29)47(37)39-20-27(28-14-13-26(22-45)19-34(28)41(42,43)44)21-40(33(39)23-46)48-36-10-6-4-8-30(36)32-18-25(2)12-16-38(32)48/h3-21H,1-2H3. The number of halogens is 3. The van der Waals surface area contributed by atoms with E-state index in [9.17, 15) is 23.7 Å². The smallest absolute Gasteiger partial charge is 0.308 e. The van der Waals surface area contributed by atoms with E-state index >= 15 is 0 Å². The minimum atomic E-state index is -4.73. The second-order valence-corrected chi connectivity index (χ2v) is 12.1. The van der Waals surface area contributed by atoms with Crippen molar-refractivity contribution >= 4 is 43.6 Å². The first-order valence-electron chi connectivity index (χ1n) is 15.4. The van der Waals surface area contributed by atoms with Crippen LogP contribution in [0.4, 0.5) is 13.2 Å². The van der Waals surface area contributed by atoms with Gasteiger partial charge >= 0.3 is 6.18 Å². The summed E-state index contributed by atoms with van der Waals surface area (Å²) in [5, 5.41) is 24.4. The number of benzene rings is 6. The van der Waals surface area contributed by atoms with Crippen molar-refractivity contribution in [3.8, 4) is 34.6 Å². The number of para-hydroxylation sites is 2. The molecule has 2 heterocycles. The lowest BCUT2D eigenvalue weighted by Gasteiger charge is -2.20. The highest BCUT2D eigenvalue weighted by molar-refractivity contribution is 6.11. The number of aryl methyl sites for hydroxylation is 2. The Labute approximate surface area is 273 Å². The Kier molecular flexibility index (Phi) is 6.44. The van der Waals surface area contributed by atoms with Gasteiger partial charge < -0.3 is 9.13 Å². The minimum Gasteiger partial charge on any atom is -0.308 e. The summed E-state index contributed by atoms with van der Waals surface area (Å²) in [5.74, 6) is 0. The van der Waals surface area contributed by atoms with E-state index in [0.29, 0.717) is 16.9 Å². The summed E-state index contributed by atoms with van der Waals surface area (Å²) < 4.78 is 48.0. The van der Waals surface area contributed by atoms with Crippen LogP contribution >= 0.6 is 0 Å². The molecule has 8 rings (SSSR count). The van der Waals surface area contributed by atoms with Crippen LogP contribution in [0, 0.1) is 36.5 Å². The summed E-state index contributed by atoms with van der Waals surface area (Å²) in [5.41, 5.74) is 5.84. The zero-order chi connectivity index (χ0) is 33.3. The Morgan fingerprint density at radius 2 is 1.04 bits per heavy atom. The van der Waals surface area contributed by atoms with E-state index < -0.39 is 11.7 Å². The molecule has 230 valence electrons.